The number of likely N-dealkylation sites (N-methyl/N-ethyl adjacent to an activating group) is 1. The van der Waals surface area contributed by atoms with Gasteiger partial charge in [-0.05, 0) is 31.0 Å². The second kappa shape index (κ2) is 5.47. The summed E-state index contributed by atoms with van der Waals surface area (Å²) in [6, 6.07) is 7.30. The summed E-state index contributed by atoms with van der Waals surface area (Å²) in [5.41, 5.74) is 6.57. The van der Waals surface area contributed by atoms with Gasteiger partial charge in [0.25, 0.3) is 0 Å². The third kappa shape index (κ3) is 2.50. The molecule has 1 aliphatic heterocycles. The second-order valence-electron chi connectivity index (χ2n) is 6.08. The van der Waals surface area contributed by atoms with Gasteiger partial charge in [0.2, 0.25) is 0 Å². The lowest BCUT2D eigenvalue weighted by Crippen LogP contribution is -2.53. The van der Waals surface area contributed by atoms with Crippen LogP contribution in [0.1, 0.15) is 25.8 Å². The summed E-state index contributed by atoms with van der Waals surface area (Å²) < 4.78 is 24.5. The molecular formula is C15H24N2O2S. The van der Waals surface area contributed by atoms with Crippen LogP contribution in [0.25, 0.3) is 0 Å². The van der Waals surface area contributed by atoms with Crippen molar-refractivity contribution in [2.24, 2.45) is 11.7 Å². The average molecular weight is 296 g/mol. The zero-order chi connectivity index (χ0) is 15.0. The van der Waals surface area contributed by atoms with Crippen molar-refractivity contribution >= 4 is 9.84 Å². The lowest BCUT2D eigenvalue weighted by Gasteiger charge is -2.45. The van der Waals surface area contributed by atoms with E-state index in [4.69, 9.17) is 5.73 Å². The highest BCUT2D eigenvalue weighted by Crippen LogP contribution is 2.40. The molecule has 0 amide bonds. The van der Waals surface area contributed by atoms with E-state index in [-0.39, 0.29) is 11.3 Å². The van der Waals surface area contributed by atoms with Gasteiger partial charge < -0.3 is 5.73 Å². The van der Waals surface area contributed by atoms with Crippen LogP contribution in [0, 0.1) is 5.92 Å². The summed E-state index contributed by atoms with van der Waals surface area (Å²) >= 11 is 0. The molecule has 0 saturated heterocycles. The molecule has 0 aromatic heterocycles. The van der Waals surface area contributed by atoms with Crippen molar-refractivity contribution in [1.29, 1.82) is 0 Å². The van der Waals surface area contributed by atoms with Crippen molar-refractivity contribution < 1.29 is 8.42 Å². The minimum atomic E-state index is -3.17. The van der Waals surface area contributed by atoms with Gasteiger partial charge in [-0.1, -0.05) is 32.0 Å². The Morgan fingerprint density at radius 2 is 2.00 bits per heavy atom. The number of rotatable bonds is 4. The van der Waals surface area contributed by atoms with Crippen LogP contribution >= 0.6 is 0 Å². The smallest absolute Gasteiger partial charge is 0.178 e. The van der Waals surface area contributed by atoms with Crippen molar-refractivity contribution in [3.05, 3.63) is 29.8 Å². The molecule has 0 aliphatic carbocycles. The minimum absolute atomic E-state index is 0.170. The van der Waals surface area contributed by atoms with Gasteiger partial charge in [-0.25, -0.2) is 8.42 Å². The first-order chi connectivity index (χ1) is 9.33. The quantitative estimate of drug-likeness (QED) is 0.917. The fourth-order valence-corrected chi connectivity index (χ4v) is 4.86. The Morgan fingerprint density at radius 3 is 2.60 bits per heavy atom. The Kier molecular flexibility index (Phi) is 4.23. The van der Waals surface area contributed by atoms with E-state index in [1.165, 1.54) is 0 Å². The zero-order valence-electron chi connectivity index (χ0n) is 12.5. The predicted octanol–water partition coefficient (Wildman–Crippen LogP) is 1.61. The zero-order valence-corrected chi connectivity index (χ0v) is 13.3. The molecule has 4 nitrogen and oxygen atoms in total. The standard InChI is InChI=1S/C15H24N2O2S/c1-12(2)10-17(3)15(11-16)8-9-20(18,19)14-7-5-4-6-13(14)15/h4-7,12H,8-11,16H2,1-3H3. The molecular weight excluding hydrogens is 272 g/mol. The summed E-state index contributed by atoms with van der Waals surface area (Å²) in [7, 11) is -1.12. The number of nitrogens with two attached hydrogens (primary N) is 1. The number of fused-ring (bicyclic) bond motifs is 1. The molecule has 20 heavy (non-hydrogen) atoms. The Labute approximate surface area is 121 Å². The maximum Gasteiger partial charge on any atom is 0.178 e. The molecule has 1 aromatic rings. The number of nitrogens with zero attached hydrogens (tertiary/aromatic N) is 1. The monoisotopic (exact) mass is 296 g/mol. The lowest BCUT2D eigenvalue weighted by atomic mass is 9.84. The Morgan fingerprint density at radius 1 is 1.35 bits per heavy atom. The predicted molar refractivity (Wildman–Crippen MR) is 81.3 cm³/mol. The molecule has 2 rings (SSSR count). The lowest BCUT2D eigenvalue weighted by molar-refractivity contribution is 0.101. The number of hydrogen-bond donors (Lipinski definition) is 1. The van der Waals surface area contributed by atoms with Crippen LogP contribution in [0.4, 0.5) is 0 Å². The summed E-state index contributed by atoms with van der Waals surface area (Å²) in [6.07, 6.45) is 0.562. The van der Waals surface area contributed by atoms with Crippen LogP contribution < -0.4 is 5.73 Å². The second-order valence-corrected chi connectivity index (χ2v) is 8.15. The maximum atomic E-state index is 12.3. The van der Waals surface area contributed by atoms with Crippen molar-refractivity contribution in [2.75, 3.05) is 25.9 Å². The third-order valence-corrected chi connectivity index (χ3v) is 5.98. The molecule has 1 unspecified atom stereocenters. The molecule has 5 heteroatoms. The van der Waals surface area contributed by atoms with Gasteiger partial charge in [0.1, 0.15) is 0 Å². The fraction of sp³-hybridized carbons (Fsp3) is 0.600. The molecule has 1 aromatic carbocycles. The van der Waals surface area contributed by atoms with Crippen molar-refractivity contribution in [3.8, 4) is 0 Å². The third-order valence-electron chi connectivity index (χ3n) is 4.22. The summed E-state index contributed by atoms with van der Waals surface area (Å²) in [4.78, 5) is 2.68. The largest absolute Gasteiger partial charge is 0.328 e. The van der Waals surface area contributed by atoms with E-state index in [9.17, 15) is 8.42 Å². The van der Waals surface area contributed by atoms with E-state index >= 15 is 0 Å². The number of benzene rings is 1. The highest BCUT2D eigenvalue weighted by molar-refractivity contribution is 7.91. The molecule has 1 atom stereocenters. The summed E-state index contributed by atoms with van der Waals surface area (Å²) in [6.45, 7) is 5.65. The molecule has 2 N–H and O–H groups in total. The van der Waals surface area contributed by atoms with E-state index in [2.05, 4.69) is 18.7 Å². The first kappa shape index (κ1) is 15.5. The Balaban J connectivity index is 2.56. The maximum absolute atomic E-state index is 12.3. The van der Waals surface area contributed by atoms with Gasteiger partial charge >= 0.3 is 0 Å². The Hall–Kier alpha value is -0.910. The molecule has 0 saturated carbocycles. The molecule has 112 valence electrons. The topological polar surface area (TPSA) is 63.4 Å². The van der Waals surface area contributed by atoms with E-state index in [0.29, 0.717) is 23.8 Å². The molecule has 0 spiro atoms. The Bertz CT molecular complexity index is 583. The number of hydrogen-bond acceptors (Lipinski definition) is 4. The van der Waals surface area contributed by atoms with Crippen LogP contribution in [0.15, 0.2) is 29.2 Å². The van der Waals surface area contributed by atoms with Crippen LogP contribution in [-0.2, 0) is 15.4 Å². The highest BCUT2D eigenvalue weighted by Gasteiger charge is 2.43. The van der Waals surface area contributed by atoms with Crippen LogP contribution in [0.2, 0.25) is 0 Å². The highest BCUT2D eigenvalue weighted by atomic mass is 32.2. The van der Waals surface area contributed by atoms with Crippen molar-refractivity contribution in [1.82, 2.24) is 4.90 Å². The van der Waals surface area contributed by atoms with Gasteiger partial charge in [0, 0.05) is 13.1 Å². The van der Waals surface area contributed by atoms with E-state index < -0.39 is 9.84 Å². The van der Waals surface area contributed by atoms with E-state index in [1.54, 1.807) is 12.1 Å². The van der Waals surface area contributed by atoms with Gasteiger partial charge in [-0.3, -0.25) is 4.90 Å². The molecule has 1 heterocycles. The van der Waals surface area contributed by atoms with Crippen molar-refractivity contribution in [3.63, 3.8) is 0 Å². The first-order valence-corrected chi connectivity index (χ1v) is 8.72. The van der Waals surface area contributed by atoms with Gasteiger partial charge in [0.15, 0.2) is 9.84 Å². The van der Waals surface area contributed by atoms with Crippen LogP contribution in [0.3, 0.4) is 0 Å². The molecule has 0 fully saturated rings. The SMILES string of the molecule is CC(C)CN(C)C1(CN)CCS(=O)(=O)c2ccccc21. The fourth-order valence-electron chi connectivity index (χ4n) is 3.16. The average Bonchev–Trinajstić information content (AvgIpc) is 2.39. The summed E-state index contributed by atoms with van der Waals surface area (Å²) in [5.74, 6) is 0.679. The molecule has 1 aliphatic rings. The minimum Gasteiger partial charge on any atom is -0.328 e. The molecule has 0 bridgehead atoms. The van der Waals surface area contributed by atoms with Gasteiger partial charge in [0.05, 0.1) is 16.2 Å². The van der Waals surface area contributed by atoms with E-state index in [0.717, 1.165) is 12.1 Å². The van der Waals surface area contributed by atoms with E-state index in [1.807, 2.05) is 19.2 Å². The van der Waals surface area contributed by atoms with Crippen molar-refractivity contribution in [2.45, 2.75) is 30.7 Å². The van der Waals surface area contributed by atoms with Gasteiger partial charge in [-0.15, -0.1) is 0 Å². The summed E-state index contributed by atoms with van der Waals surface area (Å²) in [5, 5.41) is 0. The molecule has 0 radical (unpaired) electrons. The van der Waals surface area contributed by atoms with Crippen LogP contribution in [-0.4, -0.2) is 39.2 Å². The normalized spacial score (nSPS) is 24.9. The van der Waals surface area contributed by atoms with Gasteiger partial charge in [-0.2, -0.15) is 0 Å². The first-order valence-electron chi connectivity index (χ1n) is 7.07. The number of sulfone groups is 1. The van der Waals surface area contributed by atoms with Crippen LogP contribution in [0.5, 0.6) is 0 Å².